The zero-order chi connectivity index (χ0) is 9.90. The average molecular weight is 184 g/mol. The van der Waals surface area contributed by atoms with E-state index in [1.807, 2.05) is 19.0 Å². The zero-order valence-corrected chi connectivity index (χ0v) is 8.89. The highest BCUT2D eigenvalue weighted by molar-refractivity contribution is 5.78. The van der Waals surface area contributed by atoms with Gasteiger partial charge in [0.25, 0.3) is 0 Å². The Hall–Kier alpha value is -0.570. The maximum atomic E-state index is 11.5. The lowest BCUT2D eigenvalue weighted by molar-refractivity contribution is -0.123. The summed E-state index contributed by atoms with van der Waals surface area (Å²) in [5, 5.41) is 3.11. The maximum Gasteiger partial charge on any atom is 0.234 e. The highest BCUT2D eigenvalue weighted by Crippen LogP contribution is 2.28. The molecular formula is C10H20N2O. The predicted molar refractivity (Wildman–Crippen MR) is 53.6 cm³/mol. The Labute approximate surface area is 80.5 Å². The van der Waals surface area contributed by atoms with E-state index in [9.17, 15) is 4.79 Å². The first-order valence-electron chi connectivity index (χ1n) is 4.98. The van der Waals surface area contributed by atoms with Gasteiger partial charge in [0.2, 0.25) is 5.91 Å². The molecule has 0 atom stereocenters. The van der Waals surface area contributed by atoms with Crippen molar-refractivity contribution >= 4 is 5.91 Å². The minimum absolute atomic E-state index is 0.0765. The molecule has 0 aromatic rings. The first-order chi connectivity index (χ1) is 6.02. The standard InChI is InChI=1S/C10H20N2O/c1-10(6-4-5-7-10)11-9(13)8-12(2)3/h4-8H2,1-3H3,(H,11,13). The van der Waals surface area contributed by atoms with E-state index >= 15 is 0 Å². The van der Waals surface area contributed by atoms with Crippen LogP contribution in [0.2, 0.25) is 0 Å². The van der Waals surface area contributed by atoms with Crippen LogP contribution in [0.25, 0.3) is 0 Å². The smallest absolute Gasteiger partial charge is 0.234 e. The second-order valence-corrected chi connectivity index (χ2v) is 4.55. The van der Waals surface area contributed by atoms with Crippen molar-refractivity contribution in [2.75, 3.05) is 20.6 Å². The van der Waals surface area contributed by atoms with Gasteiger partial charge in [0, 0.05) is 5.54 Å². The Morgan fingerprint density at radius 3 is 2.38 bits per heavy atom. The predicted octanol–water partition coefficient (Wildman–Crippen LogP) is 0.997. The van der Waals surface area contributed by atoms with Crippen LogP contribution in [0.3, 0.4) is 0 Å². The van der Waals surface area contributed by atoms with Crippen LogP contribution in [0.1, 0.15) is 32.6 Å². The van der Waals surface area contributed by atoms with Crippen LogP contribution >= 0.6 is 0 Å². The van der Waals surface area contributed by atoms with Crippen molar-refractivity contribution in [1.82, 2.24) is 10.2 Å². The number of likely N-dealkylation sites (N-methyl/N-ethyl adjacent to an activating group) is 1. The minimum atomic E-state index is 0.0765. The summed E-state index contributed by atoms with van der Waals surface area (Å²) in [5.41, 5.74) is 0.0765. The topological polar surface area (TPSA) is 32.3 Å². The van der Waals surface area contributed by atoms with Gasteiger partial charge in [-0.2, -0.15) is 0 Å². The quantitative estimate of drug-likeness (QED) is 0.709. The average Bonchev–Trinajstić information content (AvgIpc) is 2.33. The molecule has 76 valence electrons. The van der Waals surface area contributed by atoms with Gasteiger partial charge in [-0.1, -0.05) is 12.8 Å². The summed E-state index contributed by atoms with van der Waals surface area (Å²) in [5.74, 6) is 0.148. The number of hydrogen-bond acceptors (Lipinski definition) is 2. The van der Waals surface area contributed by atoms with E-state index in [0.717, 1.165) is 12.8 Å². The molecule has 3 nitrogen and oxygen atoms in total. The number of carbonyl (C=O) groups excluding carboxylic acids is 1. The molecule has 13 heavy (non-hydrogen) atoms. The van der Waals surface area contributed by atoms with Gasteiger partial charge in [-0.3, -0.25) is 4.79 Å². The minimum Gasteiger partial charge on any atom is -0.350 e. The summed E-state index contributed by atoms with van der Waals surface area (Å²) in [6.45, 7) is 2.64. The van der Waals surface area contributed by atoms with Crippen molar-refractivity contribution in [3.05, 3.63) is 0 Å². The molecule has 0 radical (unpaired) electrons. The van der Waals surface area contributed by atoms with Crippen molar-refractivity contribution in [1.29, 1.82) is 0 Å². The molecule has 0 heterocycles. The van der Waals surface area contributed by atoms with Crippen molar-refractivity contribution in [2.24, 2.45) is 0 Å². The third-order valence-electron chi connectivity index (χ3n) is 2.61. The lowest BCUT2D eigenvalue weighted by Gasteiger charge is -2.26. The third kappa shape index (κ3) is 3.35. The van der Waals surface area contributed by atoms with E-state index in [4.69, 9.17) is 0 Å². The van der Waals surface area contributed by atoms with E-state index in [1.54, 1.807) is 0 Å². The Balaban J connectivity index is 2.34. The van der Waals surface area contributed by atoms with Gasteiger partial charge in [0.15, 0.2) is 0 Å². The van der Waals surface area contributed by atoms with E-state index in [0.29, 0.717) is 6.54 Å². The molecule has 1 saturated carbocycles. The van der Waals surface area contributed by atoms with Crippen LogP contribution < -0.4 is 5.32 Å². The number of rotatable bonds is 3. The van der Waals surface area contributed by atoms with E-state index in [1.165, 1.54) is 12.8 Å². The normalized spacial score (nSPS) is 20.6. The summed E-state index contributed by atoms with van der Waals surface area (Å²) in [6.07, 6.45) is 4.76. The fourth-order valence-electron chi connectivity index (χ4n) is 1.94. The zero-order valence-electron chi connectivity index (χ0n) is 8.89. The molecule has 3 heteroatoms. The lowest BCUT2D eigenvalue weighted by atomic mass is 10.0. The van der Waals surface area contributed by atoms with Gasteiger partial charge in [0.1, 0.15) is 0 Å². The molecule has 0 aromatic carbocycles. The molecular weight excluding hydrogens is 164 g/mol. The molecule has 0 saturated heterocycles. The van der Waals surface area contributed by atoms with E-state index < -0.39 is 0 Å². The Morgan fingerprint density at radius 1 is 1.38 bits per heavy atom. The molecule has 0 unspecified atom stereocenters. The van der Waals surface area contributed by atoms with E-state index in [2.05, 4.69) is 12.2 Å². The molecule has 0 aromatic heterocycles. The molecule has 1 aliphatic carbocycles. The fourth-order valence-corrected chi connectivity index (χ4v) is 1.94. The molecule has 0 spiro atoms. The number of nitrogens with one attached hydrogen (secondary N) is 1. The molecule has 1 aliphatic rings. The van der Waals surface area contributed by atoms with Crippen molar-refractivity contribution < 1.29 is 4.79 Å². The number of nitrogens with zero attached hydrogens (tertiary/aromatic N) is 1. The Bertz CT molecular complexity index is 183. The van der Waals surface area contributed by atoms with Gasteiger partial charge < -0.3 is 10.2 Å². The first kappa shape index (κ1) is 10.5. The van der Waals surface area contributed by atoms with Crippen LogP contribution in [0.5, 0.6) is 0 Å². The summed E-state index contributed by atoms with van der Waals surface area (Å²) >= 11 is 0. The number of hydrogen-bond donors (Lipinski definition) is 1. The van der Waals surface area contributed by atoms with Crippen LogP contribution in [0, 0.1) is 0 Å². The maximum absolute atomic E-state index is 11.5. The third-order valence-corrected chi connectivity index (χ3v) is 2.61. The van der Waals surface area contributed by atoms with Gasteiger partial charge in [-0.25, -0.2) is 0 Å². The van der Waals surface area contributed by atoms with Crippen molar-refractivity contribution in [2.45, 2.75) is 38.1 Å². The summed E-state index contributed by atoms with van der Waals surface area (Å²) in [7, 11) is 3.83. The summed E-state index contributed by atoms with van der Waals surface area (Å²) in [6, 6.07) is 0. The largest absolute Gasteiger partial charge is 0.350 e. The van der Waals surface area contributed by atoms with Crippen LogP contribution in [-0.4, -0.2) is 37.0 Å². The fraction of sp³-hybridized carbons (Fsp3) is 0.900. The highest BCUT2D eigenvalue weighted by Gasteiger charge is 2.29. The highest BCUT2D eigenvalue weighted by atomic mass is 16.2. The monoisotopic (exact) mass is 184 g/mol. The number of carbonyl (C=O) groups is 1. The van der Waals surface area contributed by atoms with Crippen LogP contribution in [0.4, 0.5) is 0 Å². The van der Waals surface area contributed by atoms with E-state index in [-0.39, 0.29) is 11.4 Å². The van der Waals surface area contributed by atoms with Crippen LogP contribution in [-0.2, 0) is 4.79 Å². The second-order valence-electron chi connectivity index (χ2n) is 4.55. The van der Waals surface area contributed by atoms with Gasteiger partial charge in [0.05, 0.1) is 6.54 Å². The summed E-state index contributed by atoms with van der Waals surface area (Å²) in [4.78, 5) is 13.4. The Kier molecular flexibility index (Phi) is 3.31. The second kappa shape index (κ2) is 4.09. The Morgan fingerprint density at radius 2 is 1.92 bits per heavy atom. The van der Waals surface area contributed by atoms with Crippen LogP contribution in [0.15, 0.2) is 0 Å². The van der Waals surface area contributed by atoms with Gasteiger partial charge in [-0.15, -0.1) is 0 Å². The summed E-state index contributed by atoms with van der Waals surface area (Å²) < 4.78 is 0. The van der Waals surface area contributed by atoms with Crippen molar-refractivity contribution in [3.8, 4) is 0 Å². The first-order valence-corrected chi connectivity index (χ1v) is 4.98. The molecule has 1 N–H and O–H groups in total. The molecule has 0 bridgehead atoms. The molecule has 1 fully saturated rings. The van der Waals surface area contributed by atoms with Crippen molar-refractivity contribution in [3.63, 3.8) is 0 Å². The molecule has 1 amide bonds. The van der Waals surface area contributed by atoms with Gasteiger partial charge >= 0.3 is 0 Å². The lowest BCUT2D eigenvalue weighted by Crippen LogP contribution is -2.46. The molecule has 0 aliphatic heterocycles. The van der Waals surface area contributed by atoms with Gasteiger partial charge in [-0.05, 0) is 33.9 Å². The SMILES string of the molecule is CN(C)CC(=O)NC1(C)CCCC1. The number of amides is 1. The molecule has 1 rings (SSSR count).